The van der Waals surface area contributed by atoms with Gasteiger partial charge in [0.15, 0.2) is 18.9 Å². The van der Waals surface area contributed by atoms with Crippen molar-refractivity contribution in [3.05, 3.63) is 0 Å². The predicted molar refractivity (Wildman–Crippen MR) is 173 cm³/mol. The van der Waals surface area contributed by atoms with E-state index in [1.165, 1.54) is 0 Å². The lowest BCUT2D eigenvalue weighted by Gasteiger charge is -2.48. The molecule has 21 heteroatoms. The number of hydrogen-bond acceptors (Lipinski definition) is 20. The molecule has 21 nitrogen and oxygen atoms in total. The van der Waals surface area contributed by atoms with Gasteiger partial charge in [-0.05, 0) is 19.3 Å². The molecule has 296 valence electrons. The summed E-state index contributed by atoms with van der Waals surface area (Å²) < 4.78 is 36.0. The summed E-state index contributed by atoms with van der Waals surface area (Å²) in [5, 5.41) is 79.5. The summed E-state index contributed by atoms with van der Waals surface area (Å²) >= 11 is 0. The van der Waals surface area contributed by atoms with Gasteiger partial charge in [0.1, 0.15) is 60.5 Å². The smallest absolute Gasteiger partial charge is 0.252 e. The van der Waals surface area contributed by atoms with Crippen LogP contribution in [0.3, 0.4) is 0 Å². The van der Waals surface area contributed by atoms with Gasteiger partial charge in [0, 0.05) is 44.6 Å². The molecule has 0 bridgehead atoms. The molecule has 0 radical (unpaired) electrons. The van der Waals surface area contributed by atoms with Gasteiger partial charge in [-0.25, -0.2) is 0 Å². The quantitative estimate of drug-likeness (QED) is 0.0735. The molecule has 0 aromatic carbocycles. The molecule has 0 aromatic rings. The topological polar surface area (TPSA) is 368 Å². The maximum Gasteiger partial charge on any atom is 0.252 e. The van der Waals surface area contributed by atoms with Crippen LogP contribution in [0.4, 0.5) is 0 Å². The lowest BCUT2D eigenvalue weighted by atomic mass is 9.75. The summed E-state index contributed by atoms with van der Waals surface area (Å²) in [6.07, 6.45) is -15.3. The number of amides is 1. The number of ether oxygens (including phenoxy) is 6. The van der Waals surface area contributed by atoms with E-state index in [4.69, 9.17) is 62.2 Å². The zero-order valence-electron chi connectivity index (χ0n) is 28.3. The molecule has 5 rings (SSSR count). The Bertz CT molecular complexity index is 1130. The average molecular weight is 740 g/mol. The van der Waals surface area contributed by atoms with E-state index in [-0.39, 0.29) is 44.6 Å². The number of carbonyl (C=O) groups is 1. The summed E-state index contributed by atoms with van der Waals surface area (Å²) in [5.74, 6) is -0.743. The Kier molecular flexibility index (Phi) is 14.0. The highest BCUT2D eigenvalue weighted by Crippen LogP contribution is 2.36. The van der Waals surface area contributed by atoms with Crippen molar-refractivity contribution < 1.29 is 69.0 Å². The van der Waals surface area contributed by atoms with Crippen molar-refractivity contribution in [3.63, 3.8) is 0 Å². The molecular formula is C30H57N7O14. The molecule has 5 fully saturated rings. The van der Waals surface area contributed by atoms with Crippen LogP contribution in [0.15, 0.2) is 0 Å². The van der Waals surface area contributed by atoms with Crippen LogP contribution < -0.4 is 39.3 Å². The summed E-state index contributed by atoms with van der Waals surface area (Å²) in [6, 6.07) is -4.18. The molecule has 3 aliphatic heterocycles. The number of nitrogens with two attached hydrogens (primary N) is 5. The van der Waals surface area contributed by atoms with Crippen LogP contribution in [0.2, 0.25) is 0 Å². The Balaban J connectivity index is 1.34. The number of carbonyl (C=O) groups excluding carboxylic acids is 1. The van der Waals surface area contributed by atoms with Crippen molar-refractivity contribution >= 4 is 5.91 Å². The fourth-order valence-electron chi connectivity index (χ4n) is 7.38. The summed E-state index contributed by atoms with van der Waals surface area (Å²) in [5.41, 5.74) is 28.8. The molecule has 51 heavy (non-hydrogen) atoms. The Labute approximate surface area is 294 Å². The average Bonchev–Trinajstić information content (AvgIpc) is 3.38. The van der Waals surface area contributed by atoms with Gasteiger partial charge in [-0.1, -0.05) is 0 Å². The molecule has 17 atom stereocenters. The maximum absolute atomic E-state index is 13.1. The third-order valence-electron chi connectivity index (χ3n) is 10.4. The first-order valence-electron chi connectivity index (χ1n) is 17.5. The van der Waals surface area contributed by atoms with Crippen molar-refractivity contribution in [3.8, 4) is 0 Å². The number of rotatable bonds is 14. The monoisotopic (exact) mass is 739 g/mol. The van der Waals surface area contributed by atoms with E-state index in [2.05, 4.69) is 10.6 Å². The standard InChI is InChI=1S/C30H57N7O14/c31-8-16-20(41)21(42)18(35)27(47-16)50-24-17(10-39)48-28(22(24)43)51-25-19(40)15(37-29(44)30(45)6-11(32)7-30)5-14(34)23(25)49-26-13(33)2-1-12(46-26)9-36-3-4-38/h11-28,36,38-43,45H,1-10,31-35H2,(H,37,44)/t11?,12-,13+,14-,15+,16-,17+,18+,19-,20+,21+,22+,23+,24+,25+,26+,27+,28-,30?/m0/s1. The first-order valence-corrected chi connectivity index (χ1v) is 17.5. The number of aliphatic hydroxyl groups is 7. The van der Waals surface area contributed by atoms with E-state index >= 15 is 0 Å². The Morgan fingerprint density at radius 2 is 1.45 bits per heavy atom. The highest BCUT2D eigenvalue weighted by atomic mass is 16.8. The summed E-state index contributed by atoms with van der Waals surface area (Å²) in [6.45, 7) is -0.132. The van der Waals surface area contributed by atoms with Gasteiger partial charge >= 0.3 is 0 Å². The third-order valence-corrected chi connectivity index (χ3v) is 10.4. The summed E-state index contributed by atoms with van der Waals surface area (Å²) in [7, 11) is 0. The molecule has 2 aliphatic carbocycles. The van der Waals surface area contributed by atoms with Crippen LogP contribution in [0.25, 0.3) is 0 Å². The first-order chi connectivity index (χ1) is 24.2. The minimum absolute atomic E-state index is 0.0184. The minimum atomic E-state index is -1.72. The van der Waals surface area contributed by atoms with Gasteiger partial charge in [-0.3, -0.25) is 4.79 Å². The van der Waals surface area contributed by atoms with Crippen LogP contribution in [-0.4, -0.2) is 190 Å². The van der Waals surface area contributed by atoms with Crippen molar-refractivity contribution in [2.75, 3.05) is 32.8 Å². The van der Waals surface area contributed by atoms with E-state index in [1.807, 2.05) is 0 Å². The van der Waals surface area contributed by atoms with Crippen molar-refractivity contribution in [1.29, 1.82) is 0 Å². The Morgan fingerprint density at radius 1 is 0.784 bits per heavy atom. The molecule has 0 spiro atoms. The van der Waals surface area contributed by atoms with E-state index in [1.54, 1.807) is 0 Å². The molecule has 1 amide bonds. The maximum atomic E-state index is 13.1. The van der Waals surface area contributed by atoms with Crippen molar-refractivity contribution in [2.45, 2.75) is 148 Å². The molecule has 2 saturated carbocycles. The highest BCUT2D eigenvalue weighted by Gasteiger charge is 2.55. The number of aliphatic hydroxyl groups excluding tert-OH is 6. The number of hydrogen-bond donors (Lipinski definition) is 14. The lowest BCUT2D eigenvalue weighted by molar-refractivity contribution is -0.290. The van der Waals surface area contributed by atoms with Crippen molar-refractivity contribution in [1.82, 2.24) is 10.6 Å². The zero-order valence-corrected chi connectivity index (χ0v) is 28.3. The number of nitrogens with one attached hydrogen (secondary N) is 2. The zero-order chi connectivity index (χ0) is 37.2. The summed E-state index contributed by atoms with van der Waals surface area (Å²) in [4.78, 5) is 13.1. The van der Waals surface area contributed by atoms with Gasteiger partial charge in [0.05, 0.1) is 37.4 Å². The van der Waals surface area contributed by atoms with Crippen LogP contribution in [-0.2, 0) is 33.2 Å². The largest absolute Gasteiger partial charge is 0.395 e. The van der Waals surface area contributed by atoms with E-state index in [9.17, 15) is 35.4 Å². The van der Waals surface area contributed by atoms with Gasteiger partial charge in [0.25, 0.3) is 5.91 Å². The molecular weight excluding hydrogens is 682 g/mol. The Morgan fingerprint density at radius 3 is 2.10 bits per heavy atom. The highest BCUT2D eigenvalue weighted by molar-refractivity contribution is 5.86. The second-order valence-corrected chi connectivity index (χ2v) is 14.3. The fourth-order valence-corrected chi connectivity index (χ4v) is 7.38. The SMILES string of the molecule is NC[C@@H]1O[C@H](O[C@H]2[C@@H](O)[C@H](O[C@@H]3[C@@H](O)[C@H](NC(=O)C4(O)CC(N)C4)C[C@H](N)[C@H]3O[C@H]3O[C@H](CNCCO)CC[C@H]3N)O[C@@H]2CO)[C@H](N)[C@@H](O)[C@@H]1O. The van der Waals surface area contributed by atoms with Gasteiger partial charge < -0.3 is 103 Å². The molecule has 3 heterocycles. The van der Waals surface area contributed by atoms with E-state index < -0.39 is 116 Å². The minimum Gasteiger partial charge on any atom is -0.395 e. The second-order valence-electron chi connectivity index (χ2n) is 14.3. The third kappa shape index (κ3) is 8.99. The van der Waals surface area contributed by atoms with Crippen molar-refractivity contribution in [2.24, 2.45) is 28.7 Å². The molecule has 19 N–H and O–H groups in total. The van der Waals surface area contributed by atoms with Gasteiger partial charge in [0.2, 0.25) is 0 Å². The molecule has 0 aromatic heterocycles. The van der Waals surface area contributed by atoms with Crippen LogP contribution >= 0.6 is 0 Å². The normalized spacial score (nSPS) is 49.0. The molecule has 5 aliphatic rings. The Hall–Kier alpha value is -1.29. The molecule has 3 saturated heterocycles. The van der Waals surface area contributed by atoms with Gasteiger partial charge in [-0.15, -0.1) is 0 Å². The second kappa shape index (κ2) is 17.5. The molecule has 0 unspecified atom stereocenters. The predicted octanol–water partition coefficient (Wildman–Crippen LogP) is -8.20. The van der Waals surface area contributed by atoms with Crippen LogP contribution in [0.5, 0.6) is 0 Å². The lowest BCUT2D eigenvalue weighted by Crippen LogP contribution is -2.69. The fraction of sp³-hybridized carbons (Fsp3) is 0.967. The van der Waals surface area contributed by atoms with Crippen LogP contribution in [0.1, 0.15) is 32.1 Å². The first kappa shape index (κ1) is 40.9. The van der Waals surface area contributed by atoms with Crippen LogP contribution in [0, 0.1) is 0 Å². The van der Waals surface area contributed by atoms with Gasteiger partial charge in [-0.2, -0.15) is 0 Å². The van der Waals surface area contributed by atoms with E-state index in [0.29, 0.717) is 25.9 Å². The van der Waals surface area contributed by atoms with E-state index in [0.717, 1.165) is 0 Å².